The van der Waals surface area contributed by atoms with E-state index in [0.717, 1.165) is 54.7 Å². The zero-order valence-electron chi connectivity index (χ0n) is 14.3. The Hall–Kier alpha value is -1.73. The van der Waals surface area contributed by atoms with Gasteiger partial charge in [-0.1, -0.05) is 18.2 Å². The quantitative estimate of drug-likeness (QED) is 0.829. The van der Waals surface area contributed by atoms with Crippen LogP contribution in [0.3, 0.4) is 0 Å². The molecule has 0 amide bonds. The molecule has 0 bridgehead atoms. The van der Waals surface area contributed by atoms with Crippen molar-refractivity contribution < 1.29 is 4.39 Å². The molecule has 0 aliphatic carbocycles. The van der Waals surface area contributed by atoms with Crippen molar-refractivity contribution in [3.8, 4) is 11.1 Å². The van der Waals surface area contributed by atoms with Crippen molar-refractivity contribution in [1.29, 1.82) is 0 Å². The first kappa shape index (κ1) is 16.7. The number of halogens is 1. The number of nitrogens with two attached hydrogens (primary N) is 1. The van der Waals surface area contributed by atoms with Crippen LogP contribution in [-0.2, 0) is 0 Å². The molecular formula is C19H22FN4S. The SMILES string of the molecule is CCN1C(N)=S(N2CCNCC2)c2ccc(-c3cccc(F)c3)[c]c21. The number of benzene rings is 2. The minimum Gasteiger partial charge on any atom is -0.325 e. The molecule has 1 saturated heterocycles. The third-order valence-electron chi connectivity index (χ3n) is 4.62. The summed E-state index contributed by atoms with van der Waals surface area (Å²) in [5.41, 5.74) is 9.31. The second-order valence-corrected chi connectivity index (χ2v) is 8.09. The zero-order valence-corrected chi connectivity index (χ0v) is 15.1. The van der Waals surface area contributed by atoms with Crippen molar-refractivity contribution >= 4 is 21.5 Å². The predicted octanol–water partition coefficient (Wildman–Crippen LogP) is 2.63. The Morgan fingerprint density at radius 1 is 1.24 bits per heavy atom. The van der Waals surface area contributed by atoms with E-state index < -0.39 is 0 Å². The first-order chi connectivity index (χ1) is 12.2. The van der Waals surface area contributed by atoms with Crippen LogP contribution < -0.4 is 16.0 Å². The maximum Gasteiger partial charge on any atom is 0.127 e. The fourth-order valence-electron chi connectivity index (χ4n) is 3.39. The van der Waals surface area contributed by atoms with Gasteiger partial charge in [-0.3, -0.25) is 5.73 Å². The highest BCUT2D eigenvalue weighted by Crippen LogP contribution is 2.46. The summed E-state index contributed by atoms with van der Waals surface area (Å²) >= 11 is 0. The van der Waals surface area contributed by atoms with Gasteiger partial charge >= 0.3 is 0 Å². The molecule has 0 spiro atoms. The molecule has 6 heteroatoms. The summed E-state index contributed by atoms with van der Waals surface area (Å²) in [5, 5.41) is 4.29. The third-order valence-corrected chi connectivity index (χ3v) is 6.86. The van der Waals surface area contributed by atoms with Gasteiger partial charge in [-0.25, -0.2) is 8.70 Å². The summed E-state index contributed by atoms with van der Waals surface area (Å²) in [4.78, 5) is 3.37. The van der Waals surface area contributed by atoms with Gasteiger partial charge in [0.25, 0.3) is 0 Å². The molecule has 4 rings (SSSR count). The van der Waals surface area contributed by atoms with Gasteiger partial charge in [-0.15, -0.1) is 0 Å². The highest BCUT2D eigenvalue weighted by Gasteiger charge is 2.30. The maximum atomic E-state index is 13.6. The van der Waals surface area contributed by atoms with E-state index in [1.165, 1.54) is 11.0 Å². The van der Waals surface area contributed by atoms with Crippen LogP contribution in [0.2, 0.25) is 0 Å². The minimum absolute atomic E-state index is 0.224. The summed E-state index contributed by atoms with van der Waals surface area (Å²) < 4.78 is 16.0. The summed E-state index contributed by atoms with van der Waals surface area (Å²) in [7, 11) is -0.224. The van der Waals surface area contributed by atoms with E-state index in [-0.39, 0.29) is 16.5 Å². The molecule has 2 aromatic rings. The minimum atomic E-state index is -0.231. The predicted molar refractivity (Wildman–Crippen MR) is 103 cm³/mol. The lowest BCUT2D eigenvalue weighted by atomic mass is 10.0. The smallest absolute Gasteiger partial charge is 0.127 e. The number of nitrogens with zero attached hydrogens (tertiary/aromatic N) is 2. The fraction of sp³-hybridized carbons (Fsp3) is 0.316. The first-order valence-electron chi connectivity index (χ1n) is 8.61. The molecule has 131 valence electrons. The van der Waals surface area contributed by atoms with Crippen molar-refractivity contribution in [2.24, 2.45) is 5.73 Å². The molecule has 0 saturated carbocycles. The molecule has 4 nitrogen and oxygen atoms in total. The average molecular weight is 357 g/mol. The molecule has 2 aromatic carbocycles. The lowest BCUT2D eigenvalue weighted by molar-refractivity contribution is 0.395. The van der Waals surface area contributed by atoms with Crippen molar-refractivity contribution in [1.82, 2.24) is 9.62 Å². The van der Waals surface area contributed by atoms with Crippen molar-refractivity contribution in [3.63, 3.8) is 0 Å². The molecule has 1 atom stereocenters. The van der Waals surface area contributed by atoms with Gasteiger partial charge < -0.3 is 10.2 Å². The molecule has 1 radical (unpaired) electrons. The number of rotatable bonds is 3. The Morgan fingerprint density at radius 3 is 2.76 bits per heavy atom. The Morgan fingerprint density at radius 2 is 2.04 bits per heavy atom. The highest BCUT2D eigenvalue weighted by atomic mass is 32.2. The highest BCUT2D eigenvalue weighted by molar-refractivity contribution is 8.14. The Labute approximate surface area is 150 Å². The summed E-state index contributed by atoms with van der Waals surface area (Å²) in [6.45, 7) is 6.87. The summed E-state index contributed by atoms with van der Waals surface area (Å²) in [5.74, 6) is -0.231. The Kier molecular flexibility index (Phi) is 4.60. The van der Waals surface area contributed by atoms with Crippen molar-refractivity contribution in [2.75, 3.05) is 37.6 Å². The van der Waals surface area contributed by atoms with E-state index in [4.69, 9.17) is 5.73 Å². The Bertz CT molecular complexity index is 830. The number of anilines is 1. The van der Waals surface area contributed by atoms with Gasteiger partial charge in [0.1, 0.15) is 10.9 Å². The van der Waals surface area contributed by atoms with E-state index in [1.54, 1.807) is 12.1 Å². The first-order valence-corrected chi connectivity index (χ1v) is 9.79. The average Bonchev–Trinajstić information content (AvgIpc) is 2.92. The summed E-state index contributed by atoms with van der Waals surface area (Å²) in [6, 6.07) is 14.3. The second kappa shape index (κ2) is 6.88. The molecule has 3 N–H and O–H groups in total. The van der Waals surface area contributed by atoms with Gasteiger partial charge in [0, 0.05) is 43.7 Å². The molecule has 0 aromatic heterocycles. The number of hydrogen-bond donors (Lipinski definition) is 2. The second-order valence-electron chi connectivity index (χ2n) is 6.14. The fourth-order valence-corrected chi connectivity index (χ4v) is 5.68. The molecule has 25 heavy (non-hydrogen) atoms. The van der Waals surface area contributed by atoms with Crippen LogP contribution in [0.5, 0.6) is 0 Å². The third kappa shape index (κ3) is 3.00. The molecule has 2 heterocycles. The number of fused-ring (bicyclic) bond motifs is 1. The number of piperazine rings is 1. The normalized spacial score (nSPS) is 20.8. The van der Waals surface area contributed by atoms with Crippen LogP contribution in [-0.4, -0.2) is 42.1 Å². The topological polar surface area (TPSA) is 44.5 Å². The zero-order chi connectivity index (χ0) is 17.4. The summed E-state index contributed by atoms with van der Waals surface area (Å²) in [6.07, 6.45) is 0. The van der Waals surface area contributed by atoms with E-state index in [9.17, 15) is 4.39 Å². The Balaban J connectivity index is 1.77. The van der Waals surface area contributed by atoms with Crippen LogP contribution in [0, 0.1) is 11.9 Å². The van der Waals surface area contributed by atoms with Crippen molar-refractivity contribution in [2.45, 2.75) is 11.8 Å². The largest absolute Gasteiger partial charge is 0.325 e. The molecule has 1 fully saturated rings. The van der Waals surface area contributed by atoms with E-state index >= 15 is 0 Å². The molecule has 2 aliphatic heterocycles. The van der Waals surface area contributed by atoms with Crippen LogP contribution in [0.4, 0.5) is 10.1 Å². The number of nitrogens with one attached hydrogen (secondary N) is 1. The van der Waals surface area contributed by atoms with E-state index in [1.807, 2.05) is 12.1 Å². The molecule has 2 aliphatic rings. The van der Waals surface area contributed by atoms with Crippen LogP contribution in [0.1, 0.15) is 6.92 Å². The van der Waals surface area contributed by atoms with E-state index in [0.29, 0.717) is 0 Å². The maximum absolute atomic E-state index is 13.6. The molecule has 1 unspecified atom stereocenters. The van der Waals surface area contributed by atoms with Gasteiger partial charge in [0.05, 0.1) is 5.69 Å². The van der Waals surface area contributed by atoms with E-state index in [2.05, 4.69) is 33.6 Å². The van der Waals surface area contributed by atoms with Gasteiger partial charge in [0.2, 0.25) is 0 Å². The number of hydrogen-bond acceptors (Lipinski definition) is 4. The van der Waals surface area contributed by atoms with Crippen LogP contribution >= 0.6 is 10.7 Å². The van der Waals surface area contributed by atoms with Crippen molar-refractivity contribution in [3.05, 3.63) is 48.3 Å². The van der Waals surface area contributed by atoms with Gasteiger partial charge in [0.15, 0.2) is 0 Å². The standard InChI is InChI=1S/C19H22FN4S/c1-2-24-17-13-15(14-4-3-5-16(20)12-14)6-7-18(17)25(19(24)21)23-10-8-22-9-11-23/h3-7,12,22H,2,8-11,21H2,1H3. The lowest BCUT2D eigenvalue weighted by Gasteiger charge is -2.29. The lowest BCUT2D eigenvalue weighted by Crippen LogP contribution is -2.42. The van der Waals surface area contributed by atoms with Gasteiger partial charge in [-0.05, 0) is 46.9 Å². The van der Waals surface area contributed by atoms with Crippen LogP contribution in [0.25, 0.3) is 11.1 Å². The van der Waals surface area contributed by atoms with Crippen LogP contribution in [0.15, 0.2) is 41.3 Å². The van der Waals surface area contributed by atoms with Gasteiger partial charge in [-0.2, -0.15) is 0 Å². The monoisotopic (exact) mass is 357 g/mol. The molecular weight excluding hydrogens is 335 g/mol.